The molecule has 0 aliphatic heterocycles. The number of carbonyl (C=O) groups is 1. The van der Waals surface area contributed by atoms with E-state index in [0.29, 0.717) is 26.4 Å². The van der Waals surface area contributed by atoms with Crippen LogP contribution < -0.4 is 0 Å². The van der Waals surface area contributed by atoms with Crippen molar-refractivity contribution in [1.82, 2.24) is 0 Å². The van der Waals surface area contributed by atoms with Gasteiger partial charge in [0.25, 0.3) is 0 Å². The summed E-state index contributed by atoms with van der Waals surface area (Å²) in [5.74, 6) is 0.101. The molecule has 0 N–H and O–H groups in total. The van der Waals surface area contributed by atoms with Crippen LogP contribution in [0, 0.1) is 17.3 Å². The highest BCUT2D eigenvalue weighted by atomic mass is 16.6. The third-order valence-corrected chi connectivity index (χ3v) is 2.88. The highest BCUT2D eigenvalue weighted by Crippen LogP contribution is 2.29. The molecule has 0 aromatic rings. The summed E-state index contributed by atoms with van der Waals surface area (Å²) in [5, 5.41) is 0. The number of rotatable bonds is 10. The fraction of sp³-hybridized carbons (Fsp3) is 0.812. The summed E-state index contributed by atoms with van der Waals surface area (Å²) < 4.78 is 15.5. The highest BCUT2D eigenvalue weighted by molar-refractivity contribution is 5.72. The number of hydrogen-bond acceptors (Lipinski definition) is 4. The highest BCUT2D eigenvalue weighted by Gasteiger charge is 2.28. The Bertz CT molecular complexity index is 279. The Morgan fingerprint density at radius 2 is 1.75 bits per heavy atom. The summed E-state index contributed by atoms with van der Waals surface area (Å²) in [7, 11) is 0. The van der Waals surface area contributed by atoms with Gasteiger partial charge in [0, 0.05) is 0 Å². The Kier molecular flexibility index (Phi) is 9.30. The molecule has 0 fully saturated rings. The largest absolute Gasteiger partial charge is 0.499 e. The van der Waals surface area contributed by atoms with Crippen molar-refractivity contribution in [2.45, 2.75) is 41.0 Å². The van der Waals surface area contributed by atoms with Gasteiger partial charge >= 0.3 is 5.97 Å². The molecule has 1 unspecified atom stereocenters. The first-order valence-electron chi connectivity index (χ1n) is 7.25. The van der Waals surface area contributed by atoms with Gasteiger partial charge in [0.05, 0.1) is 25.4 Å². The van der Waals surface area contributed by atoms with E-state index in [-0.39, 0.29) is 23.2 Å². The third-order valence-electron chi connectivity index (χ3n) is 2.88. The van der Waals surface area contributed by atoms with Crippen LogP contribution in [0.3, 0.4) is 0 Å². The van der Waals surface area contributed by atoms with Gasteiger partial charge in [-0.25, -0.2) is 0 Å². The van der Waals surface area contributed by atoms with Crippen molar-refractivity contribution in [3.8, 4) is 0 Å². The molecule has 4 nitrogen and oxygen atoms in total. The predicted molar refractivity (Wildman–Crippen MR) is 80.3 cm³/mol. The van der Waals surface area contributed by atoms with Crippen LogP contribution in [0.4, 0.5) is 0 Å². The molecule has 0 heterocycles. The van der Waals surface area contributed by atoms with Gasteiger partial charge in [-0.05, 0) is 17.8 Å². The minimum Gasteiger partial charge on any atom is -0.499 e. The van der Waals surface area contributed by atoms with E-state index >= 15 is 0 Å². The third kappa shape index (κ3) is 9.84. The Hall–Kier alpha value is -1.03. The van der Waals surface area contributed by atoms with Crippen LogP contribution in [0.15, 0.2) is 12.8 Å². The van der Waals surface area contributed by atoms with Crippen molar-refractivity contribution in [3.63, 3.8) is 0 Å². The fourth-order valence-corrected chi connectivity index (χ4v) is 1.85. The van der Waals surface area contributed by atoms with E-state index in [0.717, 1.165) is 6.42 Å². The summed E-state index contributed by atoms with van der Waals surface area (Å²) in [4.78, 5) is 12.1. The molecule has 0 aliphatic carbocycles. The lowest BCUT2D eigenvalue weighted by atomic mass is 9.80. The van der Waals surface area contributed by atoms with Gasteiger partial charge in [-0.2, -0.15) is 0 Å². The van der Waals surface area contributed by atoms with Crippen molar-refractivity contribution in [1.29, 1.82) is 0 Å². The molecule has 0 aromatic heterocycles. The van der Waals surface area contributed by atoms with Crippen molar-refractivity contribution in [3.05, 3.63) is 12.8 Å². The molecular formula is C16H30O4. The summed E-state index contributed by atoms with van der Waals surface area (Å²) in [6.07, 6.45) is 2.21. The SMILES string of the molecule is C=COCCOCCOC(=O)C(CC(C)(C)C)C(C)C. The van der Waals surface area contributed by atoms with E-state index in [4.69, 9.17) is 14.2 Å². The van der Waals surface area contributed by atoms with Crippen molar-refractivity contribution in [2.24, 2.45) is 17.3 Å². The molecule has 0 aliphatic rings. The maximum Gasteiger partial charge on any atom is 0.309 e. The Balaban J connectivity index is 3.94. The first-order valence-corrected chi connectivity index (χ1v) is 7.25. The van der Waals surface area contributed by atoms with Crippen LogP contribution in [0.2, 0.25) is 0 Å². The Morgan fingerprint density at radius 3 is 2.25 bits per heavy atom. The number of esters is 1. The molecule has 0 saturated carbocycles. The lowest BCUT2D eigenvalue weighted by Gasteiger charge is -2.27. The number of hydrogen-bond donors (Lipinski definition) is 0. The Morgan fingerprint density at radius 1 is 1.15 bits per heavy atom. The van der Waals surface area contributed by atoms with E-state index in [1.807, 2.05) is 0 Å². The molecule has 0 rings (SSSR count). The first kappa shape index (κ1) is 19.0. The van der Waals surface area contributed by atoms with Crippen LogP contribution in [-0.2, 0) is 19.0 Å². The average molecular weight is 286 g/mol. The second kappa shape index (κ2) is 9.81. The zero-order valence-corrected chi connectivity index (χ0v) is 13.6. The van der Waals surface area contributed by atoms with Gasteiger partial charge in [-0.3, -0.25) is 4.79 Å². The van der Waals surface area contributed by atoms with Gasteiger partial charge in [0.15, 0.2) is 0 Å². The van der Waals surface area contributed by atoms with Crippen molar-refractivity contribution < 1.29 is 19.0 Å². The minimum absolute atomic E-state index is 0.0564. The van der Waals surface area contributed by atoms with Crippen LogP contribution in [0.5, 0.6) is 0 Å². The van der Waals surface area contributed by atoms with E-state index in [2.05, 4.69) is 41.2 Å². The fourth-order valence-electron chi connectivity index (χ4n) is 1.85. The van der Waals surface area contributed by atoms with Crippen LogP contribution in [-0.4, -0.2) is 32.4 Å². The van der Waals surface area contributed by atoms with E-state index < -0.39 is 0 Å². The van der Waals surface area contributed by atoms with E-state index in [9.17, 15) is 4.79 Å². The number of carbonyl (C=O) groups excluding carboxylic acids is 1. The zero-order chi connectivity index (χ0) is 15.6. The smallest absolute Gasteiger partial charge is 0.309 e. The van der Waals surface area contributed by atoms with Crippen LogP contribution in [0.25, 0.3) is 0 Å². The number of ether oxygens (including phenoxy) is 3. The van der Waals surface area contributed by atoms with E-state index in [1.54, 1.807) is 0 Å². The second-order valence-corrected chi connectivity index (χ2v) is 6.43. The molecule has 0 saturated heterocycles. The summed E-state index contributed by atoms with van der Waals surface area (Å²) in [6, 6.07) is 0. The first-order chi connectivity index (χ1) is 9.28. The van der Waals surface area contributed by atoms with Gasteiger partial charge < -0.3 is 14.2 Å². The van der Waals surface area contributed by atoms with Gasteiger partial charge in [-0.15, -0.1) is 0 Å². The standard InChI is InChI=1S/C16H30O4/c1-7-18-8-9-19-10-11-20-15(17)14(13(2)3)12-16(4,5)6/h7,13-14H,1,8-12H2,2-6H3. The molecule has 0 amide bonds. The molecular weight excluding hydrogens is 256 g/mol. The van der Waals surface area contributed by atoms with Gasteiger partial charge in [-0.1, -0.05) is 41.2 Å². The maximum atomic E-state index is 12.1. The lowest BCUT2D eigenvalue weighted by molar-refractivity contribution is -0.153. The summed E-state index contributed by atoms with van der Waals surface area (Å²) >= 11 is 0. The predicted octanol–water partition coefficient (Wildman–Crippen LogP) is 3.41. The maximum absolute atomic E-state index is 12.1. The molecule has 0 bridgehead atoms. The zero-order valence-electron chi connectivity index (χ0n) is 13.6. The van der Waals surface area contributed by atoms with E-state index in [1.165, 1.54) is 6.26 Å². The topological polar surface area (TPSA) is 44.8 Å². The Labute approximate surface area is 123 Å². The van der Waals surface area contributed by atoms with Crippen molar-refractivity contribution in [2.75, 3.05) is 26.4 Å². The lowest BCUT2D eigenvalue weighted by Crippen LogP contribution is -2.28. The quantitative estimate of drug-likeness (QED) is 0.351. The van der Waals surface area contributed by atoms with Gasteiger partial charge in [0.1, 0.15) is 13.2 Å². The summed E-state index contributed by atoms with van der Waals surface area (Å²) in [6.45, 7) is 15.6. The second-order valence-electron chi connectivity index (χ2n) is 6.43. The normalized spacial score (nSPS) is 13.1. The summed E-state index contributed by atoms with van der Waals surface area (Å²) in [5.41, 5.74) is 0.118. The van der Waals surface area contributed by atoms with Crippen molar-refractivity contribution >= 4 is 5.97 Å². The molecule has 1 atom stereocenters. The van der Waals surface area contributed by atoms with Gasteiger partial charge in [0.2, 0.25) is 0 Å². The minimum atomic E-state index is -0.124. The monoisotopic (exact) mass is 286 g/mol. The molecule has 0 radical (unpaired) electrons. The molecule has 4 heteroatoms. The molecule has 0 aromatic carbocycles. The molecule has 20 heavy (non-hydrogen) atoms. The average Bonchev–Trinajstić information content (AvgIpc) is 2.33. The molecule has 0 spiro atoms. The van der Waals surface area contributed by atoms with Crippen LogP contribution >= 0.6 is 0 Å². The van der Waals surface area contributed by atoms with Crippen LogP contribution in [0.1, 0.15) is 41.0 Å². The molecule has 118 valence electrons.